The second-order valence-electron chi connectivity index (χ2n) is 10.5. The van der Waals surface area contributed by atoms with Gasteiger partial charge in [0.25, 0.3) is 11.8 Å². The van der Waals surface area contributed by atoms with Crippen molar-refractivity contribution in [3.8, 4) is 6.07 Å². The van der Waals surface area contributed by atoms with E-state index in [1.165, 1.54) is 0 Å². The second kappa shape index (κ2) is 12.0. The normalized spacial score (nSPS) is 15.5. The number of hydrogen-bond donors (Lipinski definition) is 1. The van der Waals surface area contributed by atoms with E-state index in [1.807, 2.05) is 48.2 Å². The maximum absolute atomic E-state index is 13.4. The van der Waals surface area contributed by atoms with E-state index >= 15 is 0 Å². The summed E-state index contributed by atoms with van der Waals surface area (Å²) < 4.78 is 11.3. The third-order valence-electron chi connectivity index (χ3n) is 7.94. The number of hydrogen-bond acceptors (Lipinski definition) is 6. The van der Waals surface area contributed by atoms with Crippen LogP contribution in [-0.2, 0) is 28.1 Å². The quantitative estimate of drug-likeness (QED) is 0.398. The molecule has 1 saturated heterocycles. The molecule has 0 saturated carbocycles. The van der Waals surface area contributed by atoms with Gasteiger partial charge in [-0.05, 0) is 92.1 Å². The van der Waals surface area contributed by atoms with E-state index in [9.17, 15) is 14.9 Å². The van der Waals surface area contributed by atoms with E-state index < -0.39 is 5.60 Å². The van der Waals surface area contributed by atoms with Crippen LogP contribution in [-0.4, -0.2) is 48.5 Å². The number of methoxy groups -OCH3 is 1. The zero-order valence-corrected chi connectivity index (χ0v) is 23.0. The first-order valence-corrected chi connectivity index (χ1v) is 13.7. The molecule has 2 amide bonds. The lowest BCUT2D eigenvalue weighted by Gasteiger charge is -2.39. The predicted octanol–water partition coefficient (Wildman–Crippen LogP) is 5.14. The smallest absolute Gasteiger partial charge is 0.257 e. The molecule has 0 bridgehead atoms. The Bertz CT molecular complexity index is 1440. The van der Waals surface area contributed by atoms with Crippen LogP contribution in [0.5, 0.6) is 0 Å². The maximum atomic E-state index is 13.4. The van der Waals surface area contributed by atoms with Crippen molar-refractivity contribution in [1.29, 1.82) is 5.26 Å². The van der Waals surface area contributed by atoms with Crippen LogP contribution < -0.4 is 5.32 Å². The van der Waals surface area contributed by atoms with Gasteiger partial charge in [-0.25, -0.2) is 0 Å². The number of carbonyl (C=O) groups is 2. The Balaban J connectivity index is 1.21. The highest BCUT2D eigenvalue weighted by Crippen LogP contribution is 2.44. The molecule has 2 aromatic carbocycles. The second-order valence-corrected chi connectivity index (χ2v) is 10.5. The molecule has 2 aliphatic heterocycles. The molecule has 8 nitrogen and oxygen atoms in total. The summed E-state index contributed by atoms with van der Waals surface area (Å²) in [5.41, 5.74) is 5.85. The summed E-state index contributed by atoms with van der Waals surface area (Å²) in [7, 11) is 1.69. The van der Waals surface area contributed by atoms with Gasteiger partial charge in [0.1, 0.15) is 0 Å². The Hall–Kier alpha value is -4.06. The molecule has 3 heterocycles. The lowest BCUT2D eigenvalue weighted by Crippen LogP contribution is -2.45. The average molecular weight is 539 g/mol. The van der Waals surface area contributed by atoms with Crippen LogP contribution in [0.3, 0.4) is 0 Å². The SMILES string of the molecule is COCCCCc1ccc(C(=O)Nc2cc(C(=O)N3CCC4(CC3)OCc3cc(C#N)ccc34)ccc2C)cn1. The molecule has 1 spiro atoms. The summed E-state index contributed by atoms with van der Waals surface area (Å²) in [6.07, 6.45) is 5.78. The Morgan fingerprint density at radius 3 is 2.62 bits per heavy atom. The number of pyridine rings is 1. The number of fused-ring (bicyclic) bond motifs is 2. The zero-order chi connectivity index (χ0) is 28.1. The summed E-state index contributed by atoms with van der Waals surface area (Å²) in [5, 5.41) is 12.2. The van der Waals surface area contributed by atoms with E-state index in [1.54, 1.807) is 25.4 Å². The highest BCUT2D eigenvalue weighted by Gasteiger charge is 2.43. The number of aryl methyl sites for hydroxylation is 2. The average Bonchev–Trinajstić information content (AvgIpc) is 3.33. The first kappa shape index (κ1) is 27.5. The molecule has 1 aromatic heterocycles. The largest absolute Gasteiger partial charge is 0.385 e. The van der Waals surface area contributed by atoms with Gasteiger partial charge in [0, 0.05) is 49.9 Å². The van der Waals surface area contributed by atoms with Crippen LogP contribution in [0.25, 0.3) is 0 Å². The maximum Gasteiger partial charge on any atom is 0.257 e. The topological polar surface area (TPSA) is 105 Å². The predicted molar refractivity (Wildman–Crippen MR) is 151 cm³/mol. The number of aromatic nitrogens is 1. The molecule has 0 unspecified atom stereocenters. The van der Waals surface area contributed by atoms with Gasteiger partial charge in [0.15, 0.2) is 0 Å². The van der Waals surface area contributed by atoms with Crippen molar-refractivity contribution in [3.05, 3.63) is 93.8 Å². The minimum Gasteiger partial charge on any atom is -0.385 e. The number of piperidine rings is 1. The minimum absolute atomic E-state index is 0.0668. The molecule has 0 radical (unpaired) electrons. The number of unbranched alkanes of at least 4 members (excludes halogenated alkanes) is 1. The third-order valence-corrected chi connectivity index (χ3v) is 7.94. The van der Waals surface area contributed by atoms with Gasteiger partial charge in [-0.3, -0.25) is 14.6 Å². The monoisotopic (exact) mass is 538 g/mol. The van der Waals surface area contributed by atoms with Crippen molar-refractivity contribution in [1.82, 2.24) is 9.88 Å². The number of carbonyl (C=O) groups excluding carboxylic acids is 2. The number of nitrogens with zero attached hydrogens (tertiary/aromatic N) is 3. The molecule has 1 N–H and O–H groups in total. The fourth-order valence-corrected chi connectivity index (χ4v) is 5.53. The zero-order valence-electron chi connectivity index (χ0n) is 23.0. The van der Waals surface area contributed by atoms with Gasteiger partial charge in [-0.1, -0.05) is 12.1 Å². The molecule has 206 valence electrons. The number of rotatable bonds is 8. The van der Waals surface area contributed by atoms with Gasteiger partial charge in [-0.15, -0.1) is 0 Å². The lowest BCUT2D eigenvalue weighted by atomic mass is 9.83. The Morgan fingerprint density at radius 2 is 1.90 bits per heavy atom. The molecule has 1 fully saturated rings. The number of nitriles is 1. The lowest BCUT2D eigenvalue weighted by molar-refractivity contribution is -0.0741. The highest BCUT2D eigenvalue weighted by molar-refractivity contribution is 6.05. The standard InChI is InChI=1S/C32H34N4O4/c1-22-6-8-24(18-29(22)35-30(37)25-9-10-27(34-20-25)5-3-4-16-39-2)31(38)36-14-12-32(13-15-36)28-11-7-23(19-33)17-26(28)21-40-32/h6-11,17-18,20H,3-5,12-16,21H2,1-2H3,(H,35,37). The summed E-state index contributed by atoms with van der Waals surface area (Å²) in [5.74, 6) is -0.328. The van der Waals surface area contributed by atoms with Crippen LogP contribution in [0.1, 0.15) is 74.3 Å². The van der Waals surface area contributed by atoms with Crippen molar-refractivity contribution in [3.63, 3.8) is 0 Å². The minimum atomic E-state index is -0.403. The van der Waals surface area contributed by atoms with E-state index in [0.717, 1.165) is 48.3 Å². The number of benzene rings is 2. The molecule has 5 rings (SSSR count). The van der Waals surface area contributed by atoms with Gasteiger partial charge in [-0.2, -0.15) is 5.26 Å². The van der Waals surface area contributed by atoms with E-state index in [-0.39, 0.29) is 11.8 Å². The summed E-state index contributed by atoms with van der Waals surface area (Å²) >= 11 is 0. The van der Waals surface area contributed by atoms with Crippen molar-refractivity contribution in [2.45, 2.75) is 51.2 Å². The van der Waals surface area contributed by atoms with Crippen molar-refractivity contribution < 1.29 is 19.1 Å². The van der Waals surface area contributed by atoms with Crippen LogP contribution >= 0.6 is 0 Å². The van der Waals surface area contributed by atoms with Gasteiger partial charge < -0.3 is 19.7 Å². The summed E-state index contributed by atoms with van der Waals surface area (Å²) in [6.45, 7) is 4.26. The number of likely N-dealkylation sites (tertiary alicyclic amines) is 1. The molecule has 40 heavy (non-hydrogen) atoms. The molecule has 0 aliphatic carbocycles. The summed E-state index contributed by atoms with van der Waals surface area (Å²) in [4.78, 5) is 32.7. The Morgan fingerprint density at radius 1 is 1.10 bits per heavy atom. The molecular weight excluding hydrogens is 504 g/mol. The first-order valence-electron chi connectivity index (χ1n) is 13.7. The van der Waals surface area contributed by atoms with Gasteiger partial charge in [0.05, 0.1) is 29.4 Å². The number of anilines is 1. The molecule has 0 atom stereocenters. The molecule has 2 aliphatic rings. The van der Waals surface area contributed by atoms with Crippen LogP contribution in [0, 0.1) is 18.3 Å². The van der Waals surface area contributed by atoms with E-state index in [2.05, 4.69) is 16.4 Å². The Kier molecular flexibility index (Phi) is 8.24. The van der Waals surface area contributed by atoms with E-state index in [4.69, 9.17) is 9.47 Å². The van der Waals surface area contributed by atoms with E-state index in [0.29, 0.717) is 54.9 Å². The molecular formula is C32H34N4O4. The number of nitrogens with one attached hydrogen (secondary N) is 1. The number of amides is 2. The van der Waals surface area contributed by atoms with Crippen LogP contribution in [0.2, 0.25) is 0 Å². The van der Waals surface area contributed by atoms with Gasteiger partial charge >= 0.3 is 0 Å². The first-order chi connectivity index (χ1) is 19.4. The summed E-state index contributed by atoms with van der Waals surface area (Å²) in [6, 6.07) is 17.0. The van der Waals surface area contributed by atoms with Crippen LogP contribution in [0.4, 0.5) is 5.69 Å². The third kappa shape index (κ3) is 5.76. The van der Waals surface area contributed by atoms with Crippen LogP contribution in [0.15, 0.2) is 54.7 Å². The van der Waals surface area contributed by atoms with Crippen molar-refractivity contribution in [2.75, 3.05) is 32.1 Å². The Labute approximate surface area is 234 Å². The fraction of sp³-hybridized carbons (Fsp3) is 0.375. The van der Waals surface area contributed by atoms with Crippen molar-refractivity contribution in [2.24, 2.45) is 0 Å². The molecule has 8 heteroatoms. The number of ether oxygens (including phenoxy) is 2. The van der Waals surface area contributed by atoms with Gasteiger partial charge in [0.2, 0.25) is 0 Å². The fourth-order valence-electron chi connectivity index (χ4n) is 5.53. The van der Waals surface area contributed by atoms with Crippen molar-refractivity contribution >= 4 is 17.5 Å². The molecule has 3 aromatic rings. The highest BCUT2D eigenvalue weighted by atomic mass is 16.5.